The topological polar surface area (TPSA) is 46.3 Å². The quantitative estimate of drug-likeness (QED) is 0.665. The van der Waals surface area contributed by atoms with Gasteiger partial charge < -0.3 is 5.73 Å². The van der Waals surface area contributed by atoms with Gasteiger partial charge in [0.25, 0.3) is 0 Å². The number of urea groups is 1. The fourth-order valence-electron chi connectivity index (χ4n) is 2.01. The van der Waals surface area contributed by atoms with E-state index in [0.717, 1.165) is 18.7 Å². The molecule has 0 spiro atoms. The zero-order valence-electron chi connectivity index (χ0n) is 8.23. The molecule has 3 nitrogen and oxygen atoms in total. The van der Waals surface area contributed by atoms with Crippen LogP contribution in [0, 0.1) is 5.92 Å². The van der Waals surface area contributed by atoms with Gasteiger partial charge >= 0.3 is 6.03 Å². The number of nitrogens with zero attached hydrogens (tertiary/aromatic N) is 1. The zero-order valence-corrected chi connectivity index (χ0v) is 8.23. The Hall–Kier alpha value is -1.51. The minimum Gasteiger partial charge on any atom is -0.351 e. The SMILES string of the molecule is CC1Cc2ccccc2N(C(N)=O)C1. The molecule has 14 heavy (non-hydrogen) atoms. The number of rotatable bonds is 0. The van der Waals surface area contributed by atoms with Crippen LogP contribution in [-0.4, -0.2) is 12.6 Å². The van der Waals surface area contributed by atoms with E-state index in [4.69, 9.17) is 5.73 Å². The van der Waals surface area contributed by atoms with E-state index < -0.39 is 0 Å². The number of anilines is 1. The number of primary amides is 1. The third-order valence-electron chi connectivity index (χ3n) is 2.61. The van der Waals surface area contributed by atoms with Crippen LogP contribution >= 0.6 is 0 Å². The first-order chi connectivity index (χ1) is 6.68. The molecule has 0 bridgehead atoms. The summed E-state index contributed by atoms with van der Waals surface area (Å²) in [5, 5.41) is 0. The summed E-state index contributed by atoms with van der Waals surface area (Å²) < 4.78 is 0. The maximum Gasteiger partial charge on any atom is 0.319 e. The molecule has 2 amide bonds. The van der Waals surface area contributed by atoms with Crippen LogP contribution in [0.1, 0.15) is 12.5 Å². The molecule has 0 saturated heterocycles. The summed E-state index contributed by atoms with van der Waals surface area (Å²) in [6, 6.07) is 7.58. The predicted molar refractivity (Wildman–Crippen MR) is 56.2 cm³/mol. The molecule has 0 aliphatic carbocycles. The lowest BCUT2D eigenvalue weighted by Crippen LogP contribution is -2.42. The number of hydrogen-bond acceptors (Lipinski definition) is 1. The van der Waals surface area contributed by atoms with Gasteiger partial charge in [0.05, 0.1) is 0 Å². The Labute approximate surface area is 83.5 Å². The van der Waals surface area contributed by atoms with Crippen molar-refractivity contribution in [3.63, 3.8) is 0 Å². The van der Waals surface area contributed by atoms with Crippen molar-refractivity contribution in [2.24, 2.45) is 11.7 Å². The summed E-state index contributed by atoms with van der Waals surface area (Å²) in [7, 11) is 0. The molecule has 1 aliphatic rings. The normalized spacial score (nSPS) is 20.4. The number of nitrogens with two attached hydrogens (primary N) is 1. The Balaban J connectivity index is 2.43. The molecule has 3 heteroatoms. The summed E-state index contributed by atoms with van der Waals surface area (Å²) in [5.74, 6) is 0.484. The van der Waals surface area contributed by atoms with Gasteiger partial charge in [0, 0.05) is 12.2 Å². The third-order valence-corrected chi connectivity index (χ3v) is 2.61. The van der Waals surface area contributed by atoms with E-state index >= 15 is 0 Å². The average Bonchev–Trinajstić information content (AvgIpc) is 2.16. The lowest BCUT2D eigenvalue weighted by atomic mass is 9.94. The largest absolute Gasteiger partial charge is 0.351 e. The Morgan fingerprint density at radius 1 is 1.50 bits per heavy atom. The number of para-hydroxylation sites is 1. The van der Waals surface area contributed by atoms with Gasteiger partial charge in [-0.05, 0) is 24.0 Å². The fraction of sp³-hybridized carbons (Fsp3) is 0.364. The Morgan fingerprint density at radius 2 is 2.21 bits per heavy atom. The fourth-order valence-corrected chi connectivity index (χ4v) is 2.01. The van der Waals surface area contributed by atoms with Crippen molar-refractivity contribution in [2.75, 3.05) is 11.4 Å². The van der Waals surface area contributed by atoms with E-state index in [0.29, 0.717) is 5.92 Å². The Morgan fingerprint density at radius 3 is 2.93 bits per heavy atom. The molecular formula is C11H14N2O. The maximum absolute atomic E-state index is 11.2. The number of hydrogen-bond donors (Lipinski definition) is 1. The van der Waals surface area contributed by atoms with Crippen LogP contribution in [0.4, 0.5) is 10.5 Å². The van der Waals surface area contributed by atoms with Crippen molar-refractivity contribution in [1.29, 1.82) is 0 Å². The first-order valence-electron chi connectivity index (χ1n) is 4.83. The highest BCUT2D eigenvalue weighted by Gasteiger charge is 2.23. The van der Waals surface area contributed by atoms with E-state index in [9.17, 15) is 4.79 Å². The van der Waals surface area contributed by atoms with Crippen LogP contribution in [-0.2, 0) is 6.42 Å². The first kappa shape index (κ1) is 9.06. The number of amides is 2. The molecule has 1 unspecified atom stereocenters. The average molecular weight is 190 g/mol. The molecule has 0 radical (unpaired) electrons. The number of fused-ring (bicyclic) bond motifs is 1. The molecule has 2 rings (SSSR count). The molecule has 1 aromatic carbocycles. The monoisotopic (exact) mass is 190 g/mol. The summed E-state index contributed by atoms with van der Waals surface area (Å²) in [6.45, 7) is 2.86. The van der Waals surface area contributed by atoms with Crippen molar-refractivity contribution in [3.8, 4) is 0 Å². The number of benzene rings is 1. The van der Waals surface area contributed by atoms with E-state index in [1.54, 1.807) is 4.90 Å². The molecular weight excluding hydrogens is 176 g/mol. The number of carbonyl (C=O) groups excluding carboxylic acids is 1. The van der Waals surface area contributed by atoms with Gasteiger partial charge in [0.2, 0.25) is 0 Å². The Kier molecular flexibility index (Phi) is 2.15. The summed E-state index contributed by atoms with van der Waals surface area (Å²) in [6.07, 6.45) is 1.03. The maximum atomic E-state index is 11.2. The van der Waals surface area contributed by atoms with Crippen molar-refractivity contribution < 1.29 is 4.79 Å². The summed E-state index contributed by atoms with van der Waals surface area (Å²) >= 11 is 0. The Bertz CT molecular complexity index is 362. The second-order valence-corrected chi connectivity index (χ2v) is 3.89. The van der Waals surface area contributed by atoms with E-state index in [-0.39, 0.29) is 6.03 Å². The highest BCUT2D eigenvalue weighted by Crippen LogP contribution is 2.28. The number of carbonyl (C=O) groups is 1. The first-order valence-corrected chi connectivity index (χ1v) is 4.83. The van der Waals surface area contributed by atoms with Gasteiger partial charge in [0.1, 0.15) is 0 Å². The minimum absolute atomic E-state index is 0.357. The second kappa shape index (κ2) is 3.33. The van der Waals surface area contributed by atoms with Gasteiger partial charge in [0.15, 0.2) is 0 Å². The summed E-state index contributed by atoms with van der Waals surface area (Å²) in [5.41, 5.74) is 7.51. The van der Waals surface area contributed by atoms with E-state index in [2.05, 4.69) is 13.0 Å². The molecule has 1 aromatic rings. The van der Waals surface area contributed by atoms with Crippen LogP contribution in [0.5, 0.6) is 0 Å². The molecule has 0 aromatic heterocycles. The van der Waals surface area contributed by atoms with E-state index in [1.165, 1.54) is 5.56 Å². The third kappa shape index (κ3) is 1.45. The predicted octanol–water partition coefficient (Wildman–Crippen LogP) is 1.76. The highest BCUT2D eigenvalue weighted by molar-refractivity contribution is 5.92. The highest BCUT2D eigenvalue weighted by atomic mass is 16.2. The molecule has 1 heterocycles. The van der Waals surface area contributed by atoms with Crippen molar-refractivity contribution in [1.82, 2.24) is 0 Å². The van der Waals surface area contributed by atoms with Crippen LogP contribution < -0.4 is 10.6 Å². The van der Waals surface area contributed by atoms with E-state index in [1.807, 2.05) is 18.2 Å². The lowest BCUT2D eigenvalue weighted by Gasteiger charge is -2.31. The smallest absolute Gasteiger partial charge is 0.319 e. The minimum atomic E-state index is -0.357. The molecule has 1 aliphatic heterocycles. The van der Waals surface area contributed by atoms with Crippen LogP contribution in [0.3, 0.4) is 0 Å². The lowest BCUT2D eigenvalue weighted by molar-refractivity contribution is 0.252. The van der Waals surface area contributed by atoms with Gasteiger partial charge in [-0.1, -0.05) is 25.1 Å². The van der Waals surface area contributed by atoms with Crippen molar-refractivity contribution >= 4 is 11.7 Å². The van der Waals surface area contributed by atoms with Crippen LogP contribution in [0.15, 0.2) is 24.3 Å². The van der Waals surface area contributed by atoms with Gasteiger partial charge in [-0.3, -0.25) is 4.90 Å². The molecule has 74 valence electrons. The van der Waals surface area contributed by atoms with Crippen LogP contribution in [0.2, 0.25) is 0 Å². The second-order valence-electron chi connectivity index (χ2n) is 3.89. The van der Waals surface area contributed by atoms with Crippen molar-refractivity contribution in [3.05, 3.63) is 29.8 Å². The molecule has 0 saturated carbocycles. The van der Waals surface area contributed by atoms with Crippen LogP contribution in [0.25, 0.3) is 0 Å². The summed E-state index contributed by atoms with van der Waals surface area (Å²) in [4.78, 5) is 12.9. The van der Waals surface area contributed by atoms with Gasteiger partial charge in [-0.2, -0.15) is 0 Å². The van der Waals surface area contributed by atoms with Gasteiger partial charge in [-0.25, -0.2) is 4.79 Å². The standard InChI is InChI=1S/C11H14N2O/c1-8-6-9-4-2-3-5-10(9)13(7-8)11(12)14/h2-5,8H,6-7H2,1H3,(H2,12,14). The molecule has 1 atom stereocenters. The molecule has 0 fully saturated rings. The van der Waals surface area contributed by atoms with Gasteiger partial charge in [-0.15, -0.1) is 0 Å². The zero-order chi connectivity index (χ0) is 10.1. The molecule has 2 N–H and O–H groups in total. The van der Waals surface area contributed by atoms with Crippen molar-refractivity contribution in [2.45, 2.75) is 13.3 Å².